The SMILES string of the molecule is CN=C/C=C\Cc1cc(C)nc(-c2cccs2)n1. The first-order valence-electron chi connectivity index (χ1n) is 5.75. The van der Waals surface area contributed by atoms with Crippen molar-refractivity contribution in [2.75, 3.05) is 7.05 Å². The van der Waals surface area contributed by atoms with Crippen molar-refractivity contribution in [3.8, 4) is 10.7 Å². The van der Waals surface area contributed by atoms with Crippen molar-refractivity contribution >= 4 is 17.6 Å². The Balaban J connectivity index is 2.22. The van der Waals surface area contributed by atoms with E-state index in [2.05, 4.69) is 15.0 Å². The highest BCUT2D eigenvalue weighted by atomic mass is 32.1. The molecule has 0 spiro atoms. The van der Waals surface area contributed by atoms with Gasteiger partial charge < -0.3 is 0 Å². The first-order chi connectivity index (χ1) is 8.79. The van der Waals surface area contributed by atoms with Crippen LogP contribution in [-0.2, 0) is 6.42 Å². The lowest BCUT2D eigenvalue weighted by molar-refractivity contribution is 1.03. The average Bonchev–Trinajstić information content (AvgIpc) is 2.88. The minimum atomic E-state index is 0.799. The molecule has 3 nitrogen and oxygen atoms in total. The van der Waals surface area contributed by atoms with Crippen molar-refractivity contribution in [1.29, 1.82) is 0 Å². The van der Waals surface area contributed by atoms with Crippen molar-refractivity contribution in [2.24, 2.45) is 4.99 Å². The first kappa shape index (κ1) is 12.6. The molecule has 18 heavy (non-hydrogen) atoms. The Morgan fingerprint density at radius 2 is 2.28 bits per heavy atom. The molecule has 0 aliphatic heterocycles. The van der Waals surface area contributed by atoms with E-state index in [4.69, 9.17) is 0 Å². The van der Waals surface area contributed by atoms with Gasteiger partial charge in [-0.25, -0.2) is 9.97 Å². The molecular formula is C14H15N3S. The normalized spacial score (nSPS) is 11.7. The van der Waals surface area contributed by atoms with E-state index in [1.165, 1.54) is 0 Å². The van der Waals surface area contributed by atoms with Crippen LogP contribution in [0.5, 0.6) is 0 Å². The van der Waals surface area contributed by atoms with E-state index in [0.29, 0.717) is 0 Å². The van der Waals surface area contributed by atoms with Crippen molar-refractivity contribution < 1.29 is 0 Å². The zero-order valence-corrected chi connectivity index (χ0v) is 11.3. The number of hydrogen-bond acceptors (Lipinski definition) is 4. The summed E-state index contributed by atoms with van der Waals surface area (Å²) in [5.41, 5.74) is 2.03. The van der Waals surface area contributed by atoms with Gasteiger partial charge in [0.2, 0.25) is 0 Å². The second kappa shape index (κ2) is 6.21. The minimum Gasteiger partial charge on any atom is -0.297 e. The summed E-state index contributed by atoms with van der Waals surface area (Å²) in [5, 5.41) is 2.04. The number of nitrogens with zero attached hydrogens (tertiary/aromatic N) is 3. The minimum absolute atomic E-state index is 0.799. The molecule has 2 heterocycles. The molecule has 4 heteroatoms. The van der Waals surface area contributed by atoms with Crippen LogP contribution in [0.2, 0.25) is 0 Å². The van der Waals surface area contributed by atoms with Crippen molar-refractivity contribution in [3.63, 3.8) is 0 Å². The predicted molar refractivity (Wildman–Crippen MR) is 77.3 cm³/mol. The summed E-state index contributed by atoms with van der Waals surface area (Å²) < 4.78 is 0. The molecule has 0 bridgehead atoms. The quantitative estimate of drug-likeness (QED) is 0.788. The zero-order chi connectivity index (χ0) is 12.8. The van der Waals surface area contributed by atoms with Gasteiger partial charge in [-0.2, -0.15) is 0 Å². The third-order valence-corrected chi connectivity index (χ3v) is 3.21. The van der Waals surface area contributed by atoms with Gasteiger partial charge >= 0.3 is 0 Å². The Morgan fingerprint density at radius 3 is 3.00 bits per heavy atom. The molecule has 0 saturated carbocycles. The van der Waals surface area contributed by atoms with E-state index < -0.39 is 0 Å². The van der Waals surface area contributed by atoms with Crippen LogP contribution < -0.4 is 0 Å². The molecule has 2 aromatic heterocycles. The van der Waals surface area contributed by atoms with E-state index in [0.717, 1.165) is 28.5 Å². The van der Waals surface area contributed by atoms with Gasteiger partial charge in [-0.3, -0.25) is 4.99 Å². The standard InChI is InChI=1S/C14H15N3S/c1-11-10-12(6-3-4-8-15-2)17-14(16-11)13-7-5-9-18-13/h3-5,7-10H,6H2,1-2H3/b4-3-,15-8?. The zero-order valence-electron chi connectivity index (χ0n) is 10.5. The smallest absolute Gasteiger partial charge is 0.169 e. The molecule has 0 atom stereocenters. The lowest BCUT2D eigenvalue weighted by Gasteiger charge is -2.02. The number of aryl methyl sites for hydroxylation is 1. The van der Waals surface area contributed by atoms with Gasteiger partial charge in [0, 0.05) is 31.1 Å². The molecule has 0 aromatic carbocycles. The van der Waals surface area contributed by atoms with Crippen LogP contribution in [0.4, 0.5) is 0 Å². The molecule has 2 aromatic rings. The predicted octanol–water partition coefficient (Wildman–Crippen LogP) is 3.31. The fourth-order valence-corrected chi connectivity index (χ4v) is 2.25. The second-order valence-electron chi connectivity index (χ2n) is 3.84. The topological polar surface area (TPSA) is 38.1 Å². The number of hydrogen-bond donors (Lipinski definition) is 0. The van der Waals surface area contributed by atoms with Gasteiger partial charge in [-0.05, 0) is 30.5 Å². The maximum atomic E-state index is 4.58. The Morgan fingerprint density at radius 1 is 1.39 bits per heavy atom. The molecule has 0 radical (unpaired) electrons. The summed E-state index contributed by atoms with van der Waals surface area (Å²) >= 11 is 1.66. The van der Waals surface area contributed by atoms with Gasteiger partial charge in [0.1, 0.15) is 0 Å². The van der Waals surface area contributed by atoms with Crippen molar-refractivity contribution in [1.82, 2.24) is 9.97 Å². The molecule has 0 saturated heterocycles. The first-order valence-corrected chi connectivity index (χ1v) is 6.63. The molecular weight excluding hydrogens is 242 g/mol. The number of rotatable bonds is 4. The van der Waals surface area contributed by atoms with Gasteiger partial charge in [0.05, 0.1) is 4.88 Å². The third-order valence-electron chi connectivity index (χ3n) is 2.35. The molecule has 92 valence electrons. The molecule has 0 amide bonds. The summed E-state index contributed by atoms with van der Waals surface area (Å²) in [4.78, 5) is 14.1. The highest BCUT2D eigenvalue weighted by Crippen LogP contribution is 2.21. The van der Waals surface area contributed by atoms with Crippen LogP contribution in [0.3, 0.4) is 0 Å². The molecule has 0 fully saturated rings. The Bertz CT molecular complexity index is 556. The molecule has 0 N–H and O–H groups in total. The Kier molecular flexibility index (Phi) is 4.36. The summed E-state index contributed by atoms with van der Waals surface area (Å²) in [6.45, 7) is 2.00. The fourth-order valence-electron chi connectivity index (χ4n) is 1.59. The van der Waals surface area contributed by atoms with E-state index >= 15 is 0 Å². The van der Waals surface area contributed by atoms with E-state index in [-0.39, 0.29) is 0 Å². The molecule has 0 aliphatic rings. The van der Waals surface area contributed by atoms with Crippen LogP contribution in [0.15, 0.2) is 40.7 Å². The van der Waals surface area contributed by atoms with Gasteiger partial charge in [0.15, 0.2) is 5.82 Å². The Labute approximate surface area is 111 Å². The molecule has 2 rings (SSSR count). The van der Waals surface area contributed by atoms with E-state index in [1.54, 1.807) is 24.6 Å². The van der Waals surface area contributed by atoms with Gasteiger partial charge in [-0.15, -0.1) is 11.3 Å². The fraction of sp³-hybridized carbons (Fsp3) is 0.214. The maximum Gasteiger partial charge on any atom is 0.169 e. The molecule has 0 unspecified atom stereocenters. The number of allylic oxidation sites excluding steroid dienone is 2. The highest BCUT2D eigenvalue weighted by Gasteiger charge is 2.04. The van der Waals surface area contributed by atoms with Crippen LogP contribution in [0, 0.1) is 6.92 Å². The van der Waals surface area contributed by atoms with Crippen LogP contribution >= 0.6 is 11.3 Å². The van der Waals surface area contributed by atoms with Crippen molar-refractivity contribution in [2.45, 2.75) is 13.3 Å². The van der Waals surface area contributed by atoms with Crippen LogP contribution in [0.25, 0.3) is 10.7 Å². The van der Waals surface area contributed by atoms with E-state index in [9.17, 15) is 0 Å². The monoisotopic (exact) mass is 257 g/mol. The second-order valence-corrected chi connectivity index (χ2v) is 4.79. The molecule has 0 aliphatic carbocycles. The van der Waals surface area contributed by atoms with Crippen molar-refractivity contribution in [3.05, 3.63) is 47.1 Å². The average molecular weight is 257 g/mol. The number of aliphatic imine (C=N–C) groups is 1. The third kappa shape index (κ3) is 3.34. The van der Waals surface area contributed by atoms with E-state index in [1.807, 2.05) is 42.7 Å². The summed E-state index contributed by atoms with van der Waals surface area (Å²) in [7, 11) is 1.76. The summed E-state index contributed by atoms with van der Waals surface area (Å²) in [6, 6.07) is 6.08. The highest BCUT2D eigenvalue weighted by molar-refractivity contribution is 7.13. The van der Waals surface area contributed by atoms with Gasteiger partial charge in [-0.1, -0.05) is 12.1 Å². The summed E-state index contributed by atoms with van der Waals surface area (Å²) in [6.07, 6.45) is 6.55. The lowest BCUT2D eigenvalue weighted by atomic mass is 10.2. The number of aromatic nitrogens is 2. The van der Waals surface area contributed by atoms with Gasteiger partial charge in [0.25, 0.3) is 0 Å². The van der Waals surface area contributed by atoms with Crippen LogP contribution in [0.1, 0.15) is 11.4 Å². The largest absolute Gasteiger partial charge is 0.297 e. The summed E-state index contributed by atoms with van der Waals surface area (Å²) in [5.74, 6) is 0.817. The maximum absolute atomic E-state index is 4.58. The van der Waals surface area contributed by atoms with Crippen LogP contribution in [-0.4, -0.2) is 23.2 Å². The lowest BCUT2D eigenvalue weighted by Crippen LogP contribution is -1.96. The Hall–Kier alpha value is -1.81. The number of thiophene rings is 1.